The number of carbonyl (C=O) groups excluding carboxylic acids is 2. The van der Waals surface area contributed by atoms with Crippen LogP contribution in [0.2, 0.25) is 0 Å². The van der Waals surface area contributed by atoms with Crippen LogP contribution in [0.25, 0.3) is 6.08 Å². The highest BCUT2D eigenvalue weighted by Gasteiger charge is 2.31. The second-order valence-corrected chi connectivity index (χ2v) is 7.26. The van der Waals surface area contributed by atoms with E-state index < -0.39 is 0 Å². The van der Waals surface area contributed by atoms with Crippen LogP contribution in [0.4, 0.5) is 5.69 Å². The third-order valence-electron chi connectivity index (χ3n) is 5.16. The molecule has 4 nitrogen and oxygen atoms in total. The molecule has 2 fully saturated rings. The Bertz CT molecular complexity index is 838. The minimum atomic E-state index is 0.0557. The molecular weight excluding hydrogens is 336 g/mol. The Balaban J connectivity index is 1.41. The van der Waals surface area contributed by atoms with Gasteiger partial charge in [-0.3, -0.25) is 9.59 Å². The van der Waals surface area contributed by atoms with Crippen molar-refractivity contribution >= 4 is 23.6 Å². The second-order valence-electron chi connectivity index (χ2n) is 7.26. The topological polar surface area (TPSA) is 40.6 Å². The van der Waals surface area contributed by atoms with Gasteiger partial charge in [0.15, 0.2) is 0 Å². The van der Waals surface area contributed by atoms with Crippen LogP contribution >= 0.6 is 0 Å². The third-order valence-corrected chi connectivity index (χ3v) is 5.16. The lowest BCUT2D eigenvalue weighted by Gasteiger charge is -2.21. The Labute approximate surface area is 160 Å². The SMILES string of the molecule is O=C1CCCN1c1ccc(/C=C/C(=O)N(Cc2ccccc2)C2CC2)cc1. The average molecular weight is 360 g/mol. The lowest BCUT2D eigenvalue weighted by molar-refractivity contribution is -0.127. The molecule has 1 aliphatic carbocycles. The van der Waals surface area contributed by atoms with Gasteiger partial charge in [-0.2, -0.15) is 0 Å². The van der Waals surface area contributed by atoms with E-state index in [1.54, 1.807) is 6.08 Å². The molecule has 4 heteroatoms. The summed E-state index contributed by atoms with van der Waals surface area (Å²) in [5, 5.41) is 0. The lowest BCUT2D eigenvalue weighted by atomic mass is 10.1. The number of rotatable bonds is 6. The maximum Gasteiger partial charge on any atom is 0.247 e. The highest BCUT2D eigenvalue weighted by Crippen LogP contribution is 2.29. The van der Waals surface area contributed by atoms with Gasteiger partial charge in [0.1, 0.15) is 0 Å². The van der Waals surface area contributed by atoms with Gasteiger partial charge in [-0.1, -0.05) is 42.5 Å². The zero-order chi connectivity index (χ0) is 18.6. The fourth-order valence-electron chi connectivity index (χ4n) is 3.50. The molecule has 2 aromatic carbocycles. The zero-order valence-electron chi connectivity index (χ0n) is 15.4. The molecule has 1 heterocycles. The molecule has 1 aliphatic heterocycles. The lowest BCUT2D eigenvalue weighted by Crippen LogP contribution is -2.31. The maximum atomic E-state index is 12.7. The number of hydrogen-bond acceptors (Lipinski definition) is 2. The van der Waals surface area contributed by atoms with Gasteiger partial charge in [0, 0.05) is 37.3 Å². The van der Waals surface area contributed by atoms with Gasteiger partial charge in [0.2, 0.25) is 11.8 Å². The quantitative estimate of drug-likeness (QED) is 0.730. The number of benzene rings is 2. The predicted octanol–water partition coefficient (Wildman–Crippen LogP) is 4.02. The molecule has 2 aromatic rings. The summed E-state index contributed by atoms with van der Waals surface area (Å²) in [6.45, 7) is 1.45. The van der Waals surface area contributed by atoms with Crippen molar-refractivity contribution < 1.29 is 9.59 Å². The van der Waals surface area contributed by atoms with Crippen LogP contribution in [0.5, 0.6) is 0 Å². The highest BCUT2D eigenvalue weighted by atomic mass is 16.2. The number of amides is 2. The maximum absolute atomic E-state index is 12.7. The molecule has 2 amide bonds. The number of carbonyl (C=O) groups is 2. The van der Waals surface area contributed by atoms with Crippen molar-refractivity contribution in [2.45, 2.75) is 38.3 Å². The van der Waals surface area contributed by atoms with E-state index in [0.717, 1.165) is 42.6 Å². The molecule has 138 valence electrons. The summed E-state index contributed by atoms with van der Waals surface area (Å²) in [5.74, 6) is 0.245. The van der Waals surface area contributed by atoms with Gasteiger partial charge in [-0.25, -0.2) is 0 Å². The second kappa shape index (κ2) is 7.78. The molecule has 0 aromatic heterocycles. The van der Waals surface area contributed by atoms with E-state index in [1.165, 1.54) is 0 Å². The Kier molecular flexibility index (Phi) is 5.05. The Morgan fingerprint density at radius 1 is 1.07 bits per heavy atom. The number of anilines is 1. The van der Waals surface area contributed by atoms with Crippen molar-refractivity contribution in [3.63, 3.8) is 0 Å². The summed E-state index contributed by atoms with van der Waals surface area (Å²) in [5.41, 5.74) is 3.06. The van der Waals surface area contributed by atoms with Crippen molar-refractivity contribution in [3.05, 3.63) is 71.8 Å². The van der Waals surface area contributed by atoms with E-state index in [2.05, 4.69) is 12.1 Å². The summed E-state index contributed by atoms with van der Waals surface area (Å²) in [7, 11) is 0. The molecular formula is C23H24N2O2. The Morgan fingerprint density at radius 2 is 1.81 bits per heavy atom. The van der Waals surface area contributed by atoms with Crippen LogP contribution in [0, 0.1) is 0 Å². The first-order valence-corrected chi connectivity index (χ1v) is 9.64. The van der Waals surface area contributed by atoms with Gasteiger partial charge < -0.3 is 9.80 Å². The van der Waals surface area contributed by atoms with Gasteiger partial charge in [-0.05, 0) is 48.6 Å². The standard InChI is InChI=1S/C23H24N2O2/c26-22-7-4-16-24(22)20-11-8-18(9-12-20)10-15-23(27)25(21-13-14-21)17-19-5-2-1-3-6-19/h1-3,5-6,8-12,15,21H,4,7,13-14,16-17H2/b15-10+. The minimum Gasteiger partial charge on any atom is -0.332 e. The molecule has 1 saturated heterocycles. The summed E-state index contributed by atoms with van der Waals surface area (Å²) in [4.78, 5) is 28.3. The summed E-state index contributed by atoms with van der Waals surface area (Å²) >= 11 is 0. The molecule has 1 saturated carbocycles. The zero-order valence-corrected chi connectivity index (χ0v) is 15.4. The first-order valence-electron chi connectivity index (χ1n) is 9.64. The van der Waals surface area contributed by atoms with Gasteiger partial charge in [0.05, 0.1) is 0 Å². The molecule has 0 radical (unpaired) electrons. The molecule has 27 heavy (non-hydrogen) atoms. The molecule has 0 bridgehead atoms. The molecule has 0 atom stereocenters. The van der Waals surface area contributed by atoms with Crippen LogP contribution in [-0.4, -0.2) is 29.3 Å². The summed E-state index contributed by atoms with van der Waals surface area (Å²) in [6, 6.07) is 18.3. The van der Waals surface area contributed by atoms with Crippen LogP contribution in [0.1, 0.15) is 36.8 Å². The van der Waals surface area contributed by atoms with E-state index in [4.69, 9.17) is 0 Å². The Hall–Kier alpha value is -2.88. The molecule has 4 rings (SSSR count). The van der Waals surface area contributed by atoms with E-state index in [9.17, 15) is 9.59 Å². The highest BCUT2D eigenvalue weighted by molar-refractivity contribution is 5.95. The fraction of sp³-hybridized carbons (Fsp3) is 0.304. The van der Waals surface area contributed by atoms with Crippen LogP contribution in [0.15, 0.2) is 60.7 Å². The van der Waals surface area contributed by atoms with Crippen molar-refractivity contribution in [1.82, 2.24) is 4.90 Å². The summed E-state index contributed by atoms with van der Waals surface area (Å²) in [6.07, 6.45) is 7.26. The largest absolute Gasteiger partial charge is 0.332 e. The molecule has 2 aliphatic rings. The first-order chi connectivity index (χ1) is 13.2. The minimum absolute atomic E-state index is 0.0557. The van der Waals surface area contributed by atoms with E-state index >= 15 is 0 Å². The van der Waals surface area contributed by atoms with Crippen molar-refractivity contribution in [2.75, 3.05) is 11.4 Å². The molecule has 0 spiro atoms. The van der Waals surface area contributed by atoms with Crippen LogP contribution < -0.4 is 4.90 Å². The van der Waals surface area contributed by atoms with Crippen molar-refractivity contribution in [3.8, 4) is 0 Å². The van der Waals surface area contributed by atoms with Gasteiger partial charge >= 0.3 is 0 Å². The van der Waals surface area contributed by atoms with E-state index in [0.29, 0.717) is 19.0 Å². The third kappa shape index (κ3) is 4.27. The van der Waals surface area contributed by atoms with Crippen molar-refractivity contribution in [1.29, 1.82) is 0 Å². The van der Waals surface area contributed by atoms with E-state index in [1.807, 2.05) is 58.3 Å². The first kappa shape index (κ1) is 17.5. The summed E-state index contributed by atoms with van der Waals surface area (Å²) < 4.78 is 0. The van der Waals surface area contributed by atoms with Crippen molar-refractivity contribution in [2.24, 2.45) is 0 Å². The van der Waals surface area contributed by atoms with E-state index in [-0.39, 0.29) is 11.8 Å². The average Bonchev–Trinajstić information content (AvgIpc) is 3.46. The monoisotopic (exact) mass is 360 g/mol. The van der Waals surface area contributed by atoms with Crippen LogP contribution in [0.3, 0.4) is 0 Å². The normalized spacial score (nSPS) is 16.9. The predicted molar refractivity (Wildman–Crippen MR) is 107 cm³/mol. The van der Waals surface area contributed by atoms with Gasteiger partial charge in [-0.15, -0.1) is 0 Å². The molecule has 0 N–H and O–H groups in total. The smallest absolute Gasteiger partial charge is 0.247 e. The number of nitrogens with zero attached hydrogens (tertiary/aromatic N) is 2. The molecule has 0 unspecified atom stereocenters. The van der Waals surface area contributed by atoms with Gasteiger partial charge in [0.25, 0.3) is 0 Å². The number of hydrogen-bond donors (Lipinski definition) is 0. The Morgan fingerprint density at radius 3 is 2.44 bits per heavy atom. The fourth-order valence-corrected chi connectivity index (χ4v) is 3.50. The van der Waals surface area contributed by atoms with Crippen LogP contribution in [-0.2, 0) is 16.1 Å².